The van der Waals surface area contributed by atoms with E-state index in [2.05, 4.69) is 15.5 Å². The molecule has 2 aromatic carbocycles. The van der Waals surface area contributed by atoms with Crippen LogP contribution in [0.4, 0.5) is 5.82 Å². The molecule has 0 bridgehead atoms. The third-order valence-electron chi connectivity index (χ3n) is 3.43. The lowest BCUT2D eigenvalue weighted by molar-refractivity contribution is 0.102. The summed E-state index contributed by atoms with van der Waals surface area (Å²) in [5.74, 6) is 1.59. The van der Waals surface area contributed by atoms with Gasteiger partial charge in [0.25, 0.3) is 5.91 Å². The smallest absolute Gasteiger partial charge is 0.256 e. The van der Waals surface area contributed by atoms with Gasteiger partial charge in [-0.3, -0.25) is 9.89 Å². The van der Waals surface area contributed by atoms with E-state index in [-0.39, 0.29) is 5.91 Å². The van der Waals surface area contributed by atoms with E-state index in [9.17, 15) is 4.79 Å². The summed E-state index contributed by atoms with van der Waals surface area (Å²) in [6, 6.07) is 18.3. The monoisotopic (exact) mass is 336 g/mol. The van der Waals surface area contributed by atoms with E-state index in [1.54, 1.807) is 18.2 Å². The highest BCUT2D eigenvalue weighted by Gasteiger charge is 2.10. The lowest BCUT2D eigenvalue weighted by atomic mass is 10.2. The minimum Gasteiger partial charge on any atom is -0.457 e. The van der Waals surface area contributed by atoms with Gasteiger partial charge < -0.3 is 15.0 Å². The summed E-state index contributed by atoms with van der Waals surface area (Å²) in [4.78, 5) is 14.4. The van der Waals surface area contributed by atoms with Gasteiger partial charge in [-0.15, -0.1) is 0 Å². The first-order valence-corrected chi connectivity index (χ1v) is 7.93. The fraction of sp³-hybridized carbons (Fsp3) is 0.158. The van der Waals surface area contributed by atoms with Crippen molar-refractivity contribution in [2.45, 2.75) is 6.54 Å². The molecule has 0 spiro atoms. The van der Waals surface area contributed by atoms with E-state index >= 15 is 0 Å². The maximum absolute atomic E-state index is 12.4. The maximum atomic E-state index is 12.4. The third kappa shape index (κ3) is 4.68. The standard InChI is InChI=1S/C19H20N4O2/c1-23(2)13-15-12-18(22-21-15)20-19(24)14-7-6-10-17(11-14)25-16-8-4-3-5-9-16/h3-12H,13H2,1-2H3,(H2,20,21,22,24). The maximum Gasteiger partial charge on any atom is 0.256 e. The minimum atomic E-state index is -0.235. The molecule has 0 fully saturated rings. The number of nitrogens with one attached hydrogen (secondary N) is 2. The normalized spacial score (nSPS) is 10.7. The number of para-hydroxylation sites is 1. The number of ether oxygens (including phenoxy) is 1. The molecular weight excluding hydrogens is 316 g/mol. The molecule has 25 heavy (non-hydrogen) atoms. The minimum absolute atomic E-state index is 0.235. The number of aromatic nitrogens is 2. The fourth-order valence-electron chi connectivity index (χ4n) is 2.36. The molecule has 6 heteroatoms. The van der Waals surface area contributed by atoms with Crippen molar-refractivity contribution in [2.75, 3.05) is 19.4 Å². The van der Waals surface area contributed by atoms with Crippen LogP contribution in [0.5, 0.6) is 11.5 Å². The van der Waals surface area contributed by atoms with Gasteiger partial charge >= 0.3 is 0 Å². The molecule has 0 aliphatic carbocycles. The van der Waals surface area contributed by atoms with Crippen molar-refractivity contribution in [1.29, 1.82) is 0 Å². The molecule has 3 aromatic rings. The Hall–Kier alpha value is -3.12. The van der Waals surface area contributed by atoms with Gasteiger partial charge in [0.1, 0.15) is 11.5 Å². The molecule has 3 rings (SSSR count). The quantitative estimate of drug-likeness (QED) is 0.722. The number of carbonyl (C=O) groups is 1. The number of rotatable bonds is 6. The van der Waals surface area contributed by atoms with E-state index in [1.807, 2.05) is 61.5 Å². The van der Waals surface area contributed by atoms with E-state index in [4.69, 9.17) is 4.74 Å². The fourth-order valence-corrected chi connectivity index (χ4v) is 2.36. The van der Waals surface area contributed by atoms with Crippen LogP contribution in [0.2, 0.25) is 0 Å². The molecule has 0 unspecified atom stereocenters. The molecule has 0 saturated heterocycles. The second kappa shape index (κ2) is 7.63. The van der Waals surface area contributed by atoms with Crippen LogP contribution in [-0.2, 0) is 6.54 Å². The van der Waals surface area contributed by atoms with Crippen molar-refractivity contribution in [3.8, 4) is 11.5 Å². The number of nitrogens with zero attached hydrogens (tertiary/aromatic N) is 2. The van der Waals surface area contributed by atoms with Gasteiger partial charge in [0.05, 0.1) is 5.69 Å². The molecule has 2 N–H and O–H groups in total. The highest BCUT2D eigenvalue weighted by atomic mass is 16.5. The van der Waals surface area contributed by atoms with Crippen LogP contribution in [0.15, 0.2) is 60.7 Å². The van der Waals surface area contributed by atoms with E-state index in [0.29, 0.717) is 17.1 Å². The largest absolute Gasteiger partial charge is 0.457 e. The Balaban J connectivity index is 1.68. The molecule has 0 aliphatic rings. The molecule has 1 heterocycles. The van der Waals surface area contributed by atoms with Crippen molar-refractivity contribution in [2.24, 2.45) is 0 Å². The topological polar surface area (TPSA) is 70.2 Å². The first-order chi connectivity index (χ1) is 12.1. The summed E-state index contributed by atoms with van der Waals surface area (Å²) in [5, 5.41) is 9.80. The summed E-state index contributed by atoms with van der Waals surface area (Å²) in [6.07, 6.45) is 0. The van der Waals surface area contributed by atoms with Gasteiger partial charge in [-0.2, -0.15) is 5.10 Å². The summed E-state index contributed by atoms with van der Waals surface area (Å²) in [6.45, 7) is 0.725. The lowest BCUT2D eigenvalue weighted by Crippen LogP contribution is -2.12. The van der Waals surface area contributed by atoms with Crippen molar-refractivity contribution in [1.82, 2.24) is 15.1 Å². The Labute approximate surface area is 146 Å². The molecule has 1 amide bonds. The van der Waals surface area contributed by atoms with Gasteiger partial charge in [-0.05, 0) is 44.4 Å². The SMILES string of the molecule is CN(C)Cc1cc(NC(=O)c2cccc(Oc3ccccc3)c2)n[nH]1. The summed E-state index contributed by atoms with van der Waals surface area (Å²) in [5.41, 5.74) is 1.44. The summed E-state index contributed by atoms with van der Waals surface area (Å²) < 4.78 is 5.76. The Morgan fingerprint density at radius 3 is 2.60 bits per heavy atom. The number of anilines is 1. The zero-order chi connectivity index (χ0) is 17.6. The highest BCUT2D eigenvalue weighted by Crippen LogP contribution is 2.22. The van der Waals surface area contributed by atoms with Crippen molar-refractivity contribution in [3.05, 3.63) is 71.9 Å². The Kier molecular flexibility index (Phi) is 5.11. The van der Waals surface area contributed by atoms with Crippen LogP contribution in [0.1, 0.15) is 16.1 Å². The van der Waals surface area contributed by atoms with Crippen molar-refractivity contribution < 1.29 is 9.53 Å². The van der Waals surface area contributed by atoms with Gasteiger partial charge in [0.15, 0.2) is 5.82 Å². The average molecular weight is 336 g/mol. The zero-order valence-electron chi connectivity index (χ0n) is 14.2. The predicted molar refractivity (Wildman–Crippen MR) is 96.9 cm³/mol. The molecule has 6 nitrogen and oxygen atoms in total. The van der Waals surface area contributed by atoms with Crippen LogP contribution >= 0.6 is 0 Å². The van der Waals surface area contributed by atoms with E-state index in [0.717, 1.165) is 18.0 Å². The first kappa shape index (κ1) is 16.7. The summed E-state index contributed by atoms with van der Waals surface area (Å²) in [7, 11) is 3.94. The van der Waals surface area contributed by atoms with Gasteiger partial charge in [-0.1, -0.05) is 24.3 Å². The predicted octanol–water partition coefficient (Wildman–Crippen LogP) is 3.52. The lowest BCUT2D eigenvalue weighted by Gasteiger charge is -2.07. The van der Waals surface area contributed by atoms with Gasteiger partial charge in [0, 0.05) is 18.2 Å². The van der Waals surface area contributed by atoms with Crippen LogP contribution < -0.4 is 10.1 Å². The average Bonchev–Trinajstić information content (AvgIpc) is 3.02. The second-order valence-corrected chi connectivity index (χ2v) is 5.91. The summed E-state index contributed by atoms with van der Waals surface area (Å²) >= 11 is 0. The number of carbonyl (C=O) groups excluding carboxylic acids is 1. The number of hydrogen-bond acceptors (Lipinski definition) is 4. The second-order valence-electron chi connectivity index (χ2n) is 5.91. The van der Waals surface area contributed by atoms with Crippen molar-refractivity contribution in [3.63, 3.8) is 0 Å². The van der Waals surface area contributed by atoms with E-state index in [1.165, 1.54) is 0 Å². The van der Waals surface area contributed by atoms with E-state index < -0.39 is 0 Å². The van der Waals surface area contributed by atoms with Crippen molar-refractivity contribution >= 4 is 11.7 Å². The zero-order valence-corrected chi connectivity index (χ0v) is 14.2. The Bertz CT molecular complexity index is 843. The third-order valence-corrected chi connectivity index (χ3v) is 3.43. The van der Waals surface area contributed by atoms with Gasteiger partial charge in [-0.25, -0.2) is 0 Å². The molecule has 0 aliphatic heterocycles. The van der Waals surface area contributed by atoms with Crippen LogP contribution in [0.3, 0.4) is 0 Å². The molecular formula is C19H20N4O2. The highest BCUT2D eigenvalue weighted by molar-refractivity contribution is 6.04. The molecule has 1 aromatic heterocycles. The number of aromatic amines is 1. The molecule has 0 radical (unpaired) electrons. The molecule has 128 valence electrons. The Morgan fingerprint density at radius 2 is 1.84 bits per heavy atom. The van der Waals surface area contributed by atoms with Crippen LogP contribution in [-0.4, -0.2) is 35.1 Å². The number of benzene rings is 2. The van der Waals surface area contributed by atoms with Crippen LogP contribution in [0, 0.1) is 0 Å². The molecule has 0 saturated carbocycles. The number of hydrogen-bond donors (Lipinski definition) is 2. The Morgan fingerprint density at radius 1 is 1.08 bits per heavy atom. The molecule has 0 atom stereocenters. The number of H-pyrrole nitrogens is 1. The first-order valence-electron chi connectivity index (χ1n) is 7.93. The van der Waals surface area contributed by atoms with Crippen LogP contribution in [0.25, 0.3) is 0 Å². The van der Waals surface area contributed by atoms with Gasteiger partial charge in [0.2, 0.25) is 0 Å². The number of amides is 1.